The SMILES string of the molecule is CC(C)N.CCCCCCCCCCCC. The minimum absolute atomic E-state index is 0.333. The van der Waals surface area contributed by atoms with Crippen LogP contribution in [0.2, 0.25) is 0 Å². The fourth-order valence-electron chi connectivity index (χ4n) is 1.56. The Balaban J connectivity index is 0. The van der Waals surface area contributed by atoms with Gasteiger partial charge in [0.05, 0.1) is 0 Å². The van der Waals surface area contributed by atoms with Crippen LogP contribution in [-0.4, -0.2) is 6.04 Å². The van der Waals surface area contributed by atoms with Gasteiger partial charge in [0.2, 0.25) is 0 Å². The quantitative estimate of drug-likeness (QED) is 0.535. The smallest absolute Gasteiger partial charge is 0.00179 e. The summed E-state index contributed by atoms with van der Waals surface area (Å²) >= 11 is 0. The molecule has 0 saturated heterocycles. The van der Waals surface area contributed by atoms with Crippen LogP contribution in [0.3, 0.4) is 0 Å². The Morgan fingerprint density at radius 3 is 1.00 bits per heavy atom. The van der Waals surface area contributed by atoms with Crippen LogP contribution in [0.1, 0.15) is 91.9 Å². The number of hydrogen-bond acceptors (Lipinski definition) is 1. The van der Waals surface area contributed by atoms with Gasteiger partial charge in [-0.2, -0.15) is 0 Å². The fraction of sp³-hybridized carbons (Fsp3) is 1.00. The average molecular weight is 229 g/mol. The van der Waals surface area contributed by atoms with Crippen molar-refractivity contribution in [3.8, 4) is 0 Å². The molecule has 0 fully saturated rings. The molecule has 2 N–H and O–H groups in total. The molecule has 16 heavy (non-hydrogen) atoms. The molecule has 0 radical (unpaired) electrons. The van der Waals surface area contributed by atoms with Gasteiger partial charge in [-0.05, 0) is 6.04 Å². The van der Waals surface area contributed by atoms with E-state index in [1.165, 1.54) is 64.2 Å². The summed E-state index contributed by atoms with van der Waals surface area (Å²) in [5.74, 6) is 0. The van der Waals surface area contributed by atoms with E-state index in [9.17, 15) is 0 Å². The van der Waals surface area contributed by atoms with E-state index in [1.807, 2.05) is 13.8 Å². The molecule has 0 aromatic carbocycles. The molecule has 0 aromatic rings. The maximum atomic E-state index is 5.11. The van der Waals surface area contributed by atoms with Crippen LogP contribution in [0, 0.1) is 0 Å². The van der Waals surface area contributed by atoms with Crippen LogP contribution in [0.25, 0.3) is 0 Å². The molecule has 0 aliphatic heterocycles. The summed E-state index contributed by atoms with van der Waals surface area (Å²) in [5.41, 5.74) is 5.11. The molecule has 0 unspecified atom stereocenters. The van der Waals surface area contributed by atoms with Crippen LogP contribution in [0.4, 0.5) is 0 Å². The summed E-state index contributed by atoms with van der Waals surface area (Å²) in [5, 5.41) is 0. The van der Waals surface area contributed by atoms with Gasteiger partial charge in [0.25, 0.3) is 0 Å². The van der Waals surface area contributed by atoms with Crippen molar-refractivity contribution in [3.05, 3.63) is 0 Å². The third-order valence-corrected chi connectivity index (χ3v) is 2.46. The first kappa shape index (κ1) is 18.3. The molecule has 0 heterocycles. The van der Waals surface area contributed by atoms with Gasteiger partial charge in [0, 0.05) is 0 Å². The largest absolute Gasteiger partial charge is 0.328 e. The predicted octanol–water partition coefficient (Wildman–Crippen LogP) is 5.28. The molecule has 100 valence electrons. The van der Waals surface area contributed by atoms with Crippen molar-refractivity contribution in [1.29, 1.82) is 0 Å². The maximum Gasteiger partial charge on any atom is -0.00179 e. The van der Waals surface area contributed by atoms with Gasteiger partial charge in [-0.3, -0.25) is 0 Å². The molecule has 0 aromatic heterocycles. The minimum Gasteiger partial charge on any atom is -0.328 e. The van der Waals surface area contributed by atoms with Crippen molar-refractivity contribution in [3.63, 3.8) is 0 Å². The minimum atomic E-state index is 0.333. The van der Waals surface area contributed by atoms with Crippen LogP contribution in [0.15, 0.2) is 0 Å². The molecule has 0 atom stereocenters. The molecular formula is C15H35N. The first-order valence-electron chi connectivity index (χ1n) is 7.40. The first-order chi connectivity index (χ1) is 7.65. The van der Waals surface area contributed by atoms with Gasteiger partial charge in [-0.25, -0.2) is 0 Å². The van der Waals surface area contributed by atoms with Crippen LogP contribution in [0.5, 0.6) is 0 Å². The van der Waals surface area contributed by atoms with Crippen molar-refractivity contribution in [1.82, 2.24) is 0 Å². The summed E-state index contributed by atoms with van der Waals surface area (Å²) in [6.45, 7) is 8.45. The topological polar surface area (TPSA) is 26.0 Å². The molecule has 0 rings (SSSR count). The highest BCUT2D eigenvalue weighted by molar-refractivity contribution is 4.45. The highest BCUT2D eigenvalue weighted by atomic mass is 14.6. The first-order valence-corrected chi connectivity index (χ1v) is 7.40. The standard InChI is InChI=1S/C12H26.C3H9N/c1-3-5-7-9-11-12-10-8-6-4-2;1-3(2)4/h3-12H2,1-2H3;3H,4H2,1-2H3. The van der Waals surface area contributed by atoms with Crippen LogP contribution >= 0.6 is 0 Å². The fourth-order valence-corrected chi connectivity index (χ4v) is 1.56. The third-order valence-electron chi connectivity index (χ3n) is 2.46. The second-order valence-corrected chi connectivity index (χ2v) is 5.07. The Labute approximate surface area is 104 Å². The Hall–Kier alpha value is -0.0400. The monoisotopic (exact) mass is 229 g/mol. The number of hydrogen-bond donors (Lipinski definition) is 1. The van der Waals surface area contributed by atoms with Gasteiger partial charge in [0.15, 0.2) is 0 Å². The zero-order valence-electron chi connectivity index (χ0n) is 12.2. The van der Waals surface area contributed by atoms with Gasteiger partial charge in [-0.15, -0.1) is 0 Å². The second kappa shape index (κ2) is 17.4. The lowest BCUT2D eigenvalue weighted by Gasteiger charge is -1.99. The maximum absolute atomic E-state index is 5.11. The Morgan fingerprint density at radius 1 is 0.625 bits per heavy atom. The normalized spacial score (nSPS) is 10.1. The highest BCUT2D eigenvalue weighted by Crippen LogP contribution is 2.09. The van der Waals surface area contributed by atoms with Gasteiger partial charge >= 0.3 is 0 Å². The molecule has 0 aliphatic rings. The molecule has 1 nitrogen and oxygen atoms in total. The summed E-state index contributed by atoms with van der Waals surface area (Å²) < 4.78 is 0. The average Bonchev–Trinajstić information content (AvgIpc) is 2.21. The molecular weight excluding hydrogens is 194 g/mol. The summed E-state index contributed by atoms with van der Waals surface area (Å²) in [4.78, 5) is 0. The van der Waals surface area contributed by atoms with E-state index in [4.69, 9.17) is 5.73 Å². The van der Waals surface area contributed by atoms with E-state index in [0.717, 1.165) is 0 Å². The van der Waals surface area contributed by atoms with E-state index in [1.54, 1.807) is 0 Å². The Bertz CT molecular complexity index is 86.9. The second-order valence-electron chi connectivity index (χ2n) is 5.07. The Kier molecular flexibility index (Phi) is 19.9. The lowest BCUT2D eigenvalue weighted by molar-refractivity contribution is 0.562. The molecule has 0 aliphatic carbocycles. The molecule has 1 heteroatoms. The van der Waals surface area contributed by atoms with Crippen molar-refractivity contribution in [2.45, 2.75) is 97.9 Å². The van der Waals surface area contributed by atoms with E-state index >= 15 is 0 Å². The lowest BCUT2D eigenvalue weighted by Crippen LogP contribution is -2.06. The Morgan fingerprint density at radius 2 is 0.812 bits per heavy atom. The highest BCUT2D eigenvalue weighted by Gasteiger charge is 1.90. The van der Waals surface area contributed by atoms with Crippen molar-refractivity contribution in [2.75, 3.05) is 0 Å². The van der Waals surface area contributed by atoms with Crippen LogP contribution in [-0.2, 0) is 0 Å². The summed E-state index contributed by atoms with van der Waals surface area (Å²) in [6.07, 6.45) is 14.4. The molecule has 0 spiro atoms. The van der Waals surface area contributed by atoms with Crippen molar-refractivity contribution in [2.24, 2.45) is 5.73 Å². The van der Waals surface area contributed by atoms with Crippen molar-refractivity contribution >= 4 is 0 Å². The summed E-state index contributed by atoms with van der Waals surface area (Å²) in [6, 6.07) is 0.333. The third kappa shape index (κ3) is 29.2. The van der Waals surface area contributed by atoms with Gasteiger partial charge in [0.1, 0.15) is 0 Å². The predicted molar refractivity (Wildman–Crippen MR) is 76.8 cm³/mol. The van der Waals surface area contributed by atoms with E-state index < -0.39 is 0 Å². The van der Waals surface area contributed by atoms with Crippen LogP contribution < -0.4 is 5.73 Å². The lowest BCUT2D eigenvalue weighted by atomic mass is 10.1. The zero-order valence-corrected chi connectivity index (χ0v) is 12.2. The van der Waals surface area contributed by atoms with Crippen molar-refractivity contribution < 1.29 is 0 Å². The van der Waals surface area contributed by atoms with E-state index in [0.29, 0.717) is 6.04 Å². The van der Waals surface area contributed by atoms with Gasteiger partial charge in [-0.1, -0.05) is 91.9 Å². The van der Waals surface area contributed by atoms with E-state index in [2.05, 4.69) is 13.8 Å². The summed E-state index contributed by atoms with van der Waals surface area (Å²) in [7, 11) is 0. The number of rotatable bonds is 9. The molecule has 0 amide bonds. The molecule has 0 saturated carbocycles. The van der Waals surface area contributed by atoms with E-state index in [-0.39, 0.29) is 0 Å². The zero-order chi connectivity index (χ0) is 12.6. The number of nitrogens with two attached hydrogens (primary N) is 1. The van der Waals surface area contributed by atoms with Gasteiger partial charge < -0.3 is 5.73 Å². The molecule has 0 bridgehead atoms. The number of unbranched alkanes of at least 4 members (excludes halogenated alkanes) is 9.